The fraction of sp³-hybridized carbons (Fsp3) is 0.417. The highest BCUT2D eigenvalue weighted by Gasteiger charge is 2.32. The first-order chi connectivity index (χ1) is 7.20. The Labute approximate surface area is 89.9 Å². The summed E-state index contributed by atoms with van der Waals surface area (Å²) in [4.78, 5) is 13.1. The van der Waals surface area contributed by atoms with E-state index in [2.05, 4.69) is 31.2 Å². The predicted octanol–water partition coefficient (Wildman–Crippen LogP) is 0.918. The normalized spacial score (nSPS) is 20.3. The second kappa shape index (κ2) is 4.03. The predicted molar refractivity (Wildman–Crippen MR) is 59.2 cm³/mol. The van der Waals surface area contributed by atoms with E-state index in [9.17, 15) is 4.79 Å². The van der Waals surface area contributed by atoms with Crippen LogP contribution in [0, 0.1) is 0 Å². The Bertz CT molecular complexity index is 358. The number of carbonyl (C=O) groups is 1. The van der Waals surface area contributed by atoms with Gasteiger partial charge in [-0.15, -0.1) is 0 Å². The van der Waals surface area contributed by atoms with E-state index >= 15 is 0 Å². The van der Waals surface area contributed by atoms with Gasteiger partial charge < -0.3 is 10.6 Å². The lowest BCUT2D eigenvalue weighted by molar-refractivity contribution is -0.143. The summed E-state index contributed by atoms with van der Waals surface area (Å²) in [6.45, 7) is 3.51. The zero-order chi connectivity index (χ0) is 10.8. The number of hydrogen-bond donors (Lipinski definition) is 1. The fourth-order valence-corrected chi connectivity index (χ4v) is 1.77. The standard InChI is InChI=1S/C12H16N2O/c1-2-9-3-5-10(6-4-9)7-14-8-11(13)12(14)15/h3-6,11H,2,7-8,13H2,1H3. The number of carbonyl (C=O) groups excluding carboxylic acids is 1. The molecular formula is C12H16N2O. The molecule has 2 N–H and O–H groups in total. The van der Waals surface area contributed by atoms with Crippen LogP contribution >= 0.6 is 0 Å². The molecule has 1 unspecified atom stereocenters. The minimum absolute atomic E-state index is 0.0644. The second-order valence-corrected chi connectivity index (χ2v) is 4.00. The number of β-lactam (4-membered cyclic amide) rings is 1. The summed E-state index contributed by atoms with van der Waals surface area (Å²) in [6.07, 6.45) is 1.05. The highest BCUT2D eigenvalue weighted by molar-refractivity contribution is 5.87. The Balaban J connectivity index is 1.97. The van der Waals surface area contributed by atoms with E-state index in [1.165, 1.54) is 11.1 Å². The van der Waals surface area contributed by atoms with Crippen LogP contribution in [-0.4, -0.2) is 23.4 Å². The van der Waals surface area contributed by atoms with Crippen LogP contribution in [0.2, 0.25) is 0 Å². The van der Waals surface area contributed by atoms with Gasteiger partial charge in [-0.1, -0.05) is 31.2 Å². The zero-order valence-electron chi connectivity index (χ0n) is 8.94. The average Bonchev–Trinajstić information content (AvgIpc) is 2.29. The van der Waals surface area contributed by atoms with E-state index in [-0.39, 0.29) is 11.9 Å². The molecule has 1 saturated heterocycles. The van der Waals surface area contributed by atoms with Crippen LogP contribution in [0.1, 0.15) is 18.1 Å². The monoisotopic (exact) mass is 204 g/mol. The topological polar surface area (TPSA) is 46.3 Å². The molecule has 3 nitrogen and oxygen atoms in total. The van der Waals surface area contributed by atoms with Crippen molar-refractivity contribution in [2.75, 3.05) is 6.54 Å². The van der Waals surface area contributed by atoms with E-state index in [0.717, 1.165) is 6.42 Å². The third-order valence-electron chi connectivity index (χ3n) is 2.85. The second-order valence-electron chi connectivity index (χ2n) is 4.00. The third-order valence-corrected chi connectivity index (χ3v) is 2.85. The van der Waals surface area contributed by atoms with E-state index in [1.807, 2.05) is 0 Å². The SMILES string of the molecule is CCc1ccc(CN2CC(N)C2=O)cc1. The van der Waals surface area contributed by atoms with Crippen molar-refractivity contribution in [3.8, 4) is 0 Å². The Hall–Kier alpha value is -1.35. The van der Waals surface area contributed by atoms with Crippen LogP contribution in [0.5, 0.6) is 0 Å². The number of hydrogen-bond acceptors (Lipinski definition) is 2. The molecule has 0 bridgehead atoms. The average molecular weight is 204 g/mol. The van der Waals surface area contributed by atoms with Gasteiger partial charge in [0.25, 0.3) is 0 Å². The molecule has 0 radical (unpaired) electrons. The first-order valence-electron chi connectivity index (χ1n) is 5.33. The minimum atomic E-state index is -0.264. The van der Waals surface area contributed by atoms with Gasteiger partial charge in [-0.3, -0.25) is 4.79 Å². The molecule has 1 aromatic rings. The number of aryl methyl sites for hydroxylation is 1. The minimum Gasteiger partial charge on any atom is -0.335 e. The maximum Gasteiger partial charge on any atom is 0.241 e. The molecule has 1 atom stereocenters. The van der Waals surface area contributed by atoms with Crippen molar-refractivity contribution < 1.29 is 4.79 Å². The van der Waals surface area contributed by atoms with Gasteiger partial charge >= 0.3 is 0 Å². The van der Waals surface area contributed by atoms with Crippen molar-refractivity contribution in [3.05, 3.63) is 35.4 Å². The van der Waals surface area contributed by atoms with Crippen LogP contribution in [0.4, 0.5) is 0 Å². The molecule has 0 saturated carbocycles. The van der Waals surface area contributed by atoms with Crippen LogP contribution in [0.25, 0.3) is 0 Å². The van der Waals surface area contributed by atoms with Crippen molar-refractivity contribution >= 4 is 5.91 Å². The largest absolute Gasteiger partial charge is 0.335 e. The molecule has 1 aliphatic rings. The summed E-state index contributed by atoms with van der Waals surface area (Å²) in [5, 5.41) is 0. The fourth-order valence-electron chi connectivity index (χ4n) is 1.77. The lowest BCUT2D eigenvalue weighted by Crippen LogP contribution is -2.60. The zero-order valence-corrected chi connectivity index (χ0v) is 8.94. The van der Waals surface area contributed by atoms with Gasteiger partial charge in [0.15, 0.2) is 0 Å². The summed E-state index contributed by atoms with van der Waals surface area (Å²) in [6, 6.07) is 8.12. The van der Waals surface area contributed by atoms with Crippen LogP contribution < -0.4 is 5.73 Å². The summed E-state index contributed by atoms with van der Waals surface area (Å²) in [5.41, 5.74) is 8.02. The smallest absolute Gasteiger partial charge is 0.241 e. The number of likely N-dealkylation sites (tertiary alicyclic amines) is 1. The molecule has 1 heterocycles. The lowest BCUT2D eigenvalue weighted by atomic mass is 10.1. The van der Waals surface area contributed by atoms with E-state index in [1.54, 1.807) is 4.90 Å². The highest BCUT2D eigenvalue weighted by Crippen LogP contribution is 2.14. The molecule has 1 aliphatic heterocycles. The molecule has 1 aromatic carbocycles. The first-order valence-corrected chi connectivity index (χ1v) is 5.33. The van der Waals surface area contributed by atoms with Gasteiger partial charge in [0.1, 0.15) is 6.04 Å². The Morgan fingerprint density at radius 1 is 1.33 bits per heavy atom. The highest BCUT2D eigenvalue weighted by atomic mass is 16.2. The number of nitrogens with two attached hydrogens (primary N) is 1. The number of nitrogens with zero attached hydrogens (tertiary/aromatic N) is 1. The number of amides is 1. The van der Waals surface area contributed by atoms with E-state index < -0.39 is 0 Å². The Morgan fingerprint density at radius 3 is 2.40 bits per heavy atom. The van der Waals surface area contributed by atoms with Crippen LogP contribution in [0.3, 0.4) is 0 Å². The molecule has 0 aliphatic carbocycles. The molecule has 1 fully saturated rings. The maximum absolute atomic E-state index is 11.3. The van der Waals surface area contributed by atoms with Crippen molar-refractivity contribution in [1.29, 1.82) is 0 Å². The van der Waals surface area contributed by atoms with E-state index in [4.69, 9.17) is 5.73 Å². The van der Waals surface area contributed by atoms with Gasteiger partial charge in [0, 0.05) is 13.1 Å². The van der Waals surface area contributed by atoms with Crippen molar-refractivity contribution in [2.24, 2.45) is 5.73 Å². The number of rotatable bonds is 3. The maximum atomic E-state index is 11.3. The van der Waals surface area contributed by atoms with Gasteiger partial charge in [-0.25, -0.2) is 0 Å². The van der Waals surface area contributed by atoms with Gasteiger partial charge in [-0.2, -0.15) is 0 Å². The van der Waals surface area contributed by atoms with Gasteiger partial charge in [-0.05, 0) is 17.5 Å². The number of benzene rings is 1. The Kier molecular flexibility index (Phi) is 2.73. The van der Waals surface area contributed by atoms with Crippen LogP contribution in [-0.2, 0) is 17.8 Å². The lowest BCUT2D eigenvalue weighted by Gasteiger charge is -2.36. The molecule has 1 amide bonds. The van der Waals surface area contributed by atoms with Crippen LogP contribution in [0.15, 0.2) is 24.3 Å². The van der Waals surface area contributed by atoms with Crippen molar-refractivity contribution in [3.63, 3.8) is 0 Å². The van der Waals surface area contributed by atoms with Crippen molar-refractivity contribution in [2.45, 2.75) is 25.9 Å². The molecular weight excluding hydrogens is 188 g/mol. The molecule has 0 spiro atoms. The molecule has 15 heavy (non-hydrogen) atoms. The van der Waals surface area contributed by atoms with Gasteiger partial charge in [0.2, 0.25) is 5.91 Å². The van der Waals surface area contributed by atoms with E-state index in [0.29, 0.717) is 13.1 Å². The van der Waals surface area contributed by atoms with Crippen molar-refractivity contribution in [1.82, 2.24) is 4.90 Å². The quantitative estimate of drug-likeness (QED) is 0.744. The van der Waals surface area contributed by atoms with Gasteiger partial charge in [0.05, 0.1) is 0 Å². The summed E-state index contributed by atoms with van der Waals surface area (Å²) in [5.74, 6) is 0.0644. The summed E-state index contributed by atoms with van der Waals surface area (Å²) in [7, 11) is 0. The molecule has 3 heteroatoms. The summed E-state index contributed by atoms with van der Waals surface area (Å²) < 4.78 is 0. The molecule has 0 aromatic heterocycles. The third kappa shape index (κ3) is 2.02. The first kappa shape index (κ1) is 10.2. The summed E-state index contributed by atoms with van der Waals surface area (Å²) >= 11 is 0. The molecule has 2 rings (SSSR count). The Morgan fingerprint density at radius 2 is 1.93 bits per heavy atom. The molecule has 80 valence electrons.